The molecular weight excluding hydrogens is 349 g/mol. The molecule has 0 spiro atoms. The van der Waals surface area contributed by atoms with E-state index in [9.17, 15) is 18.0 Å². The van der Waals surface area contributed by atoms with Gasteiger partial charge in [-0.05, 0) is 42.7 Å². The van der Waals surface area contributed by atoms with E-state index in [2.05, 4.69) is 5.32 Å². The normalized spacial score (nSPS) is 17.1. The monoisotopic (exact) mass is 366 g/mol. The molecule has 25 heavy (non-hydrogen) atoms. The van der Waals surface area contributed by atoms with Crippen LogP contribution in [0.3, 0.4) is 0 Å². The number of halogens is 3. The number of thioether (sulfide) groups is 1. The molecule has 132 valence electrons. The fourth-order valence-corrected chi connectivity index (χ4v) is 3.62. The number of hydrogen-bond acceptors (Lipinski definition) is 2. The van der Waals surface area contributed by atoms with E-state index in [0.717, 1.165) is 18.4 Å². The molecule has 3 nitrogen and oxygen atoms in total. The zero-order valence-corrected chi connectivity index (χ0v) is 14.1. The van der Waals surface area contributed by atoms with Crippen LogP contribution in [0.2, 0.25) is 0 Å². The molecule has 0 radical (unpaired) electrons. The highest BCUT2D eigenvalue weighted by molar-refractivity contribution is 7.99. The first-order valence-electron chi connectivity index (χ1n) is 7.91. The number of nitrogens with zero attached hydrogens (tertiary/aromatic N) is 1. The fourth-order valence-electron chi connectivity index (χ4n) is 3.03. The van der Waals surface area contributed by atoms with Gasteiger partial charge in [-0.3, -0.25) is 0 Å². The molecule has 1 aliphatic heterocycles. The van der Waals surface area contributed by atoms with Gasteiger partial charge >= 0.3 is 6.03 Å². The second-order valence-electron chi connectivity index (χ2n) is 5.71. The van der Waals surface area contributed by atoms with Gasteiger partial charge in [0, 0.05) is 11.4 Å². The molecule has 3 rings (SSSR count). The van der Waals surface area contributed by atoms with Gasteiger partial charge in [-0.25, -0.2) is 9.18 Å². The largest absolute Gasteiger partial charge is 0.322 e. The standard InChI is InChI=1S/C18H17F3N2OS/c19-13-6-3-5-12(11-13)15-8-4-10-23(15)18(24)22-14-7-1-2-9-16(14)25-17(20)21/h1-3,5-7,9,11,15,17H,4,8,10H2,(H,22,24)/t15-/m0/s1. The number of nitrogens with one attached hydrogen (secondary N) is 1. The maximum atomic E-state index is 13.5. The summed E-state index contributed by atoms with van der Waals surface area (Å²) in [6.45, 7) is 0.539. The number of hydrogen-bond donors (Lipinski definition) is 1. The smallest absolute Gasteiger partial charge is 0.317 e. The van der Waals surface area contributed by atoms with Gasteiger partial charge in [-0.1, -0.05) is 36.0 Å². The summed E-state index contributed by atoms with van der Waals surface area (Å²) in [5.41, 5.74) is 1.09. The van der Waals surface area contributed by atoms with Crippen molar-refractivity contribution in [3.05, 3.63) is 59.9 Å². The quantitative estimate of drug-likeness (QED) is 0.724. The molecule has 0 aliphatic carbocycles. The number of anilines is 1. The van der Waals surface area contributed by atoms with Crippen LogP contribution in [-0.2, 0) is 0 Å². The molecule has 1 saturated heterocycles. The zero-order valence-electron chi connectivity index (χ0n) is 13.3. The fraction of sp³-hybridized carbons (Fsp3) is 0.278. The molecule has 0 saturated carbocycles. The Labute approximate surface area is 148 Å². The van der Waals surface area contributed by atoms with Gasteiger partial charge in [0.05, 0.1) is 11.7 Å². The van der Waals surface area contributed by atoms with Gasteiger partial charge in [0.25, 0.3) is 5.76 Å². The van der Waals surface area contributed by atoms with Crippen molar-refractivity contribution in [1.29, 1.82) is 0 Å². The predicted molar refractivity (Wildman–Crippen MR) is 92.4 cm³/mol. The number of para-hydroxylation sites is 1. The molecule has 0 unspecified atom stereocenters. The predicted octanol–water partition coefficient (Wildman–Crippen LogP) is 5.51. The van der Waals surface area contributed by atoms with Crippen molar-refractivity contribution in [3.8, 4) is 0 Å². The van der Waals surface area contributed by atoms with Crippen molar-refractivity contribution < 1.29 is 18.0 Å². The number of carbonyl (C=O) groups excluding carboxylic acids is 1. The minimum atomic E-state index is -2.56. The number of alkyl halides is 2. The van der Waals surface area contributed by atoms with E-state index >= 15 is 0 Å². The number of amides is 2. The Bertz CT molecular complexity index is 757. The molecule has 0 bridgehead atoms. The van der Waals surface area contributed by atoms with Crippen LogP contribution in [0.5, 0.6) is 0 Å². The van der Waals surface area contributed by atoms with Gasteiger partial charge in [-0.2, -0.15) is 8.78 Å². The highest BCUT2D eigenvalue weighted by Gasteiger charge is 2.30. The molecule has 1 aliphatic rings. The van der Waals surface area contributed by atoms with Crippen LogP contribution < -0.4 is 5.32 Å². The molecule has 0 aromatic heterocycles. The van der Waals surface area contributed by atoms with Gasteiger partial charge < -0.3 is 10.2 Å². The Balaban J connectivity index is 1.77. The first kappa shape index (κ1) is 17.7. The average Bonchev–Trinajstić information content (AvgIpc) is 3.06. The summed E-state index contributed by atoms with van der Waals surface area (Å²) >= 11 is 0.393. The van der Waals surface area contributed by atoms with Crippen LogP contribution in [0.15, 0.2) is 53.4 Å². The summed E-state index contributed by atoms with van der Waals surface area (Å²) in [7, 11) is 0. The Morgan fingerprint density at radius 3 is 2.76 bits per heavy atom. The minimum absolute atomic E-state index is 0.217. The summed E-state index contributed by atoms with van der Waals surface area (Å²) in [5, 5.41) is 2.71. The average molecular weight is 366 g/mol. The van der Waals surface area contributed by atoms with E-state index in [1.807, 2.05) is 0 Å². The molecule has 1 N–H and O–H groups in total. The van der Waals surface area contributed by atoms with Crippen molar-refractivity contribution in [2.75, 3.05) is 11.9 Å². The Morgan fingerprint density at radius 2 is 2.00 bits per heavy atom. The second-order valence-corrected chi connectivity index (χ2v) is 6.74. The maximum Gasteiger partial charge on any atom is 0.322 e. The van der Waals surface area contributed by atoms with Crippen LogP contribution in [0.1, 0.15) is 24.4 Å². The van der Waals surface area contributed by atoms with Gasteiger partial charge in [0.2, 0.25) is 0 Å². The van der Waals surface area contributed by atoms with Crippen LogP contribution in [-0.4, -0.2) is 23.2 Å². The van der Waals surface area contributed by atoms with Crippen molar-refractivity contribution in [2.24, 2.45) is 0 Å². The van der Waals surface area contributed by atoms with Crippen LogP contribution in [0.4, 0.5) is 23.7 Å². The van der Waals surface area contributed by atoms with Crippen molar-refractivity contribution >= 4 is 23.5 Å². The van der Waals surface area contributed by atoms with Crippen LogP contribution in [0.25, 0.3) is 0 Å². The zero-order chi connectivity index (χ0) is 17.8. The highest BCUT2D eigenvalue weighted by atomic mass is 32.2. The van der Waals surface area contributed by atoms with Gasteiger partial charge in [0.15, 0.2) is 0 Å². The SMILES string of the molecule is O=C(Nc1ccccc1SC(F)F)N1CCC[C@H]1c1cccc(F)c1. The topological polar surface area (TPSA) is 32.3 Å². The second kappa shape index (κ2) is 7.82. The number of likely N-dealkylation sites (tertiary alicyclic amines) is 1. The van der Waals surface area contributed by atoms with E-state index < -0.39 is 5.76 Å². The lowest BCUT2D eigenvalue weighted by Crippen LogP contribution is -2.34. The summed E-state index contributed by atoms with van der Waals surface area (Å²) in [6, 6.07) is 12.1. The maximum absolute atomic E-state index is 13.5. The summed E-state index contributed by atoms with van der Waals surface area (Å²) in [5.74, 6) is -2.91. The number of carbonyl (C=O) groups is 1. The summed E-state index contributed by atoms with van der Waals surface area (Å²) in [6.07, 6.45) is 1.55. The summed E-state index contributed by atoms with van der Waals surface area (Å²) < 4.78 is 38.8. The minimum Gasteiger partial charge on any atom is -0.317 e. The van der Waals surface area contributed by atoms with Crippen molar-refractivity contribution in [1.82, 2.24) is 4.90 Å². The van der Waals surface area contributed by atoms with E-state index in [1.54, 1.807) is 41.3 Å². The van der Waals surface area contributed by atoms with Gasteiger partial charge in [-0.15, -0.1) is 0 Å². The van der Waals surface area contributed by atoms with E-state index in [4.69, 9.17) is 0 Å². The first-order valence-corrected chi connectivity index (χ1v) is 8.79. The third kappa shape index (κ3) is 4.28. The first-order chi connectivity index (χ1) is 12.0. The number of urea groups is 1. The van der Waals surface area contributed by atoms with Crippen molar-refractivity contribution in [3.63, 3.8) is 0 Å². The highest BCUT2D eigenvalue weighted by Crippen LogP contribution is 2.35. The lowest BCUT2D eigenvalue weighted by molar-refractivity contribution is 0.207. The third-order valence-corrected chi connectivity index (χ3v) is 4.88. The molecule has 1 fully saturated rings. The lowest BCUT2D eigenvalue weighted by atomic mass is 10.0. The summed E-state index contributed by atoms with van der Waals surface area (Å²) in [4.78, 5) is 14.6. The Morgan fingerprint density at radius 1 is 1.20 bits per heavy atom. The number of benzene rings is 2. The Hall–Kier alpha value is -2.15. The van der Waals surface area contributed by atoms with Gasteiger partial charge in [0.1, 0.15) is 5.82 Å². The molecule has 1 heterocycles. The molecule has 7 heteroatoms. The molecular formula is C18H17F3N2OS. The lowest BCUT2D eigenvalue weighted by Gasteiger charge is -2.26. The van der Waals surface area contributed by atoms with E-state index in [1.165, 1.54) is 12.1 Å². The molecule has 2 aromatic carbocycles. The van der Waals surface area contributed by atoms with E-state index in [0.29, 0.717) is 28.9 Å². The molecule has 2 aromatic rings. The van der Waals surface area contributed by atoms with E-state index in [-0.39, 0.29) is 17.9 Å². The molecule has 1 atom stereocenters. The van der Waals surface area contributed by atoms with Crippen LogP contribution in [0, 0.1) is 5.82 Å². The van der Waals surface area contributed by atoms with Crippen LogP contribution >= 0.6 is 11.8 Å². The third-order valence-electron chi connectivity index (χ3n) is 4.09. The number of rotatable bonds is 4. The molecule has 2 amide bonds. The Kier molecular flexibility index (Phi) is 5.53. The van der Waals surface area contributed by atoms with Crippen molar-refractivity contribution in [2.45, 2.75) is 29.5 Å².